The summed E-state index contributed by atoms with van der Waals surface area (Å²) in [6.45, 7) is 3.88. The van der Waals surface area contributed by atoms with Gasteiger partial charge in [-0.15, -0.1) is 0 Å². The third-order valence-electron chi connectivity index (χ3n) is 5.85. The summed E-state index contributed by atoms with van der Waals surface area (Å²) in [5, 5.41) is 0. The molecule has 0 saturated carbocycles. The number of fused-ring (bicyclic) bond motifs is 1. The Morgan fingerprint density at radius 3 is 2.96 bits per heavy atom. The predicted molar refractivity (Wildman–Crippen MR) is 100 cm³/mol. The number of benzene rings is 1. The summed E-state index contributed by atoms with van der Waals surface area (Å²) in [6, 6.07) is 3.54. The van der Waals surface area contributed by atoms with Crippen molar-refractivity contribution in [1.82, 2.24) is 25.3 Å². The van der Waals surface area contributed by atoms with Crippen LogP contribution in [0.4, 0.5) is 8.78 Å². The van der Waals surface area contributed by atoms with E-state index >= 15 is 0 Å². The molecule has 2 fully saturated rings. The van der Waals surface area contributed by atoms with Crippen LogP contribution in [0.3, 0.4) is 0 Å². The van der Waals surface area contributed by atoms with Crippen molar-refractivity contribution in [3.05, 3.63) is 53.6 Å². The van der Waals surface area contributed by atoms with Crippen molar-refractivity contribution in [3.8, 4) is 0 Å². The molecule has 4 rings (SSSR count). The molecule has 3 heterocycles. The van der Waals surface area contributed by atoms with Crippen molar-refractivity contribution in [2.24, 2.45) is 5.92 Å². The molecule has 1 amide bonds. The Morgan fingerprint density at radius 2 is 2.18 bits per heavy atom. The Bertz CT molecular complexity index is 855. The molecular weight excluding hydrogens is 364 g/mol. The van der Waals surface area contributed by atoms with Crippen LogP contribution in [0.5, 0.6) is 0 Å². The van der Waals surface area contributed by atoms with Gasteiger partial charge < -0.3 is 9.47 Å². The van der Waals surface area contributed by atoms with Crippen molar-refractivity contribution in [3.63, 3.8) is 0 Å². The number of amides is 1. The summed E-state index contributed by atoms with van der Waals surface area (Å²) in [6.07, 6.45) is 5.70. The Hall–Kier alpha value is -2.32. The third-order valence-corrected chi connectivity index (χ3v) is 5.85. The van der Waals surface area contributed by atoms with E-state index in [2.05, 4.69) is 15.8 Å². The zero-order chi connectivity index (χ0) is 19.7. The second-order valence-corrected chi connectivity index (χ2v) is 7.47. The van der Waals surface area contributed by atoms with Crippen LogP contribution in [0.15, 0.2) is 30.6 Å². The minimum atomic E-state index is -0.588. The summed E-state index contributed by atoms with van der Waals surface area (Å²) in [5.74, 6) is -0.0372. The van der Waals surface area contributed by atoms with E-state index in [9.17, 15) is 13.6 Å². The summed E-state index contributed by atoms with van der Waals surface area (Å²) in [5.41, 5.74) is 6.79. The average molecular weight is 389 g/mol. The molecule has 3 unspecified atom stereocenters. The van der Waals surface area contributed by atoms with Crippen molar-refractivity contribution in [2.75, 3.05) is 13.1 Å². The maximum absolute atomic E-state index is 14.3. The van der Waals surface area contributed by atoms with Gasteiger partial charge in [0.2, 0.25) is 5.91 Å². The van der Waals surface area contributed by atoms with Crippen molar-refractivity contribution in [2.45, 2.75) is 44.8 Å². The number of nitrogens with one attached hydrogen (secondary N) is 2. The highest BCUT2D eigenvalue weighted by Gasteiger charge is 2.42. The van der Waals surface area contributed by atoms with Gasteiger partial charge in [-0.05, 0) is 12.5 Å². The molecule has 0 spiro atoms. The van der Waals surface area contributed by atoms with E-state index in [1.54, 1.807) is 6.20 Å². The zero-order valence-corrected chi connectivity index (χ0v) is 15.9. The molecule has 1 aromatic carbocycles. The lowest BCUT2D eigenvalue weighted by atomic mass is 9.85. The number of carbonyl (C=O) groups is 1. The topological polar surface area (TPSA) is 62.2 Å². The lowest BCUT2D eigenvalue weighted by Crippen LogP contribution is -2.48. The number of imidazole rings is 1. The monoisotopic (exact) mass is 389 g/mol. The quantitative estimate of drug-likeness (QED) is 0.823. The molecule has 28 heavy (non-hydrogen) atoms. The fourth-order valence-electron chi connectivity index (χ4n) is 4.32. The van der Waals surface area contributed by atoms with Gasteiger partial charge in [-0.25, -0.2) is 19.2 Å². The first-order valence-electron chi connectivity index (χ1n) is 9.80. The van der Waals surface area contributed by atoms with E-state index in [0.717, 1.165) is 24.7 Å². The Kier molecular flexibility index (Phi) is 5.41. The molecule has 150 valence electrons. The van der Waals surface area contributed by atoms with Crippen LogP contribution in [0, 0.1) is 17.6 Å². The Morgan fingerprint density at radius 1 is 1.32 bits per heavy atom. The van der Waals surface area contributed by atoms with Gasteiger partial charge in [-0.3, -0.25) is 10.2 Å². The first-order valence-corrected chi connectivity index (χ1v) is 9.80. The van der Waals surface area contributed by atoms with Gasteiger partial charge in [-0.1, -0.05) is 13.0 Å². The highest BCUT2D eigenvalue weighted by molar-refractivity contribution is 5.76. The smallest absolute Gasteiger partial charge is 0.224 e. The number of aryl methyl sites for hydroxylation is 2. The maximum Gasteiger partial charge on any atom is 0.224 e. The summed E-state index contributed by atoms with van der Waals surface area (Å²) in [4.78, 5) is 18.9. The first-order chi connectivity index (χ1) is 13.6. The van der Waals surface area contributed by atoms with Crippen LogP contribution in [-0.4, -0.2) is 39.5 Å². The second-order valence-electron chi connectivity index (χ2n) is 7.47. The van der Waals surface area contributed by atoms with Crippen molar-refractivity contribution >= 4 is 5.91 Å². The number of piperidine rings is 1. The van der Waals surface area contributed by atoms with E-state index < -0.39 is 11.6 Å². The fourth-order valence-corrected chi connectivity index (χ4v) is 4.32. The predicted octanol–water partition coefficient (Wildman–Crippen LogP) is 2.18. The van der Waals surface area contributed by atoms with Crippen LogP contribution in [0.1, 0.15) is 37.2 Å². The van der Waals surface area contributed by atoms with Gasteiger partial charge in [-0.2, -0.15) is 0 Å². The first kappa shape index (κ1) is 19.0. The van der Waals surface area contributed by atoms with Crippen LogP contribution < -0.4 is 10.9 Å². The minimum Gasteiger partial charge on any atom is -0.342 e. The standard InChI is InChI=1S/C20H25F2N5O/c1-2-18-23-7-10-26(18)9-6-19(28)27-8-5-17-15(12-27)20(25-24-17)14-4-3-13(21)11-16(14)22/h3-4,7,10-11,15,17,20,24-25H,2,5-6,8-9,12H2,1H3. The number of aromatic nitrogens is 2. The largest absolute Gasteiger partial charge is 0.342 e. The number of likely N-dealkylation sites (tertiary alicyclic amines) is 1. The van der Waals surface area contributed by atoms with Gasteiger partial charge in [0.1, 0.15) is 17.5 Å². The summed E-state index contributed by atoms with van der Waals surface area (Å²) >= 11 is 0. The molecule has 2 N–H and O–H groups in total. The molecule has 1 aromatic heterocycles. The van der Waals surface area contributed by atoms with Gasteiger partial charge in [0.25, 0.3) is 0 Å². The van der Waals surface area contributed by atoms with Crippen molar-refractivity contribution < 1.29 is 13.6 Å². The van der Waals surface area contributed by atoms with Crippen molar-refractivity contribution in [1.29, 1.82) is 0 Å². The molecule has 2 aliphatic heterocycles. The molecule has 2 aliphatic rings. The van der Waals surface area contributed by atoms with Gasteiger partial charge >= 0.3 is 0 Å². The number of rotatable bonds is 5. The number of hydrazine groups is 1. The molecule has 0 radical (unpaired) electrons. The molecule has 8 heteroatoms. The molecule has 2 aromatic rings. The Balaban J connectivity index is 1.42. The average Bonchev–Trinajstić information content (AvgIpc) is 3.32. The van der Waals surface area contributed by atoms with Crippen LogP contribution >= 0.6 is 0 Å². The minimum absolute atomic E-state index is 0.0390. The molecule has 0 bridgehead atoms. The number of halogens is 2. The highest BCUT2D eigenvalue weighted by atomic mass is 19.1. The second kappa shape index (κ2) is 7.97. The van der Waals surface area contributed by atoms with E-state index in [-0.39, 0.29) is 23.9 Å². The highest BCUT2D eigenvalue weighted by Crippen LogP contribution is 2.35. The summed E-state index contributed by atoms with van der Waals surface area (Å²) < 4.78 is 29.5. The van der Waals surface area contributed by atoms with Crippen LogP contribution in [-0.2, 0) is 17.8 Å². The fraction of sp³-hybridized carbons (Fsp3) is 0.500. The lowest BCUT2D eigenvalue weighted by molar-refractivity contribution is -0.133. The number of nitrogens with zero attached hydrogens (tertiary/aromatic N) is 3. The molecule has 2 saturated heterocycles. The third kappa shape index (κ3) is 3.66. The van der Waals surface area contributed by atoms with Gasteiger partial charge in [0.15, 0.2) is 0 Å². The molecule has 6 nitrogen and oxygen atoms in total. The van der Waals surface area contributed by atoms with Gasteiger partial charge in [0, 0.05) is 68.5 Å². The Labute approximate surface area is 162 Å². The number of hydrogen-bond acceptors (Lipinski definition) is 4. The molecule has 3 atom stereocenters. The number of hydrogen-bond donors (Lipinski definition) is 2. The summed E-state index contributed by atoms with van der Waals surface area (Å²) in [7, 11) is 0. The van der Waals surface area contributed by atoms with E-state index in [4.69, 9.17) is 0 Å². The van der Waals surface area contributed by atoms with E-state index in [0.29, 0.717) is 31.6 Å². The van der Waals surface area contributed by atoms with E-state index in [1.165, 1.54) is 12.1 Å². The SMILES string of the molecule is CCc1nccn1CCC(=O)N1CCC2NNC(c3ccc(F)cc3F)C2C1. The number of carbonyl (C=O) groups excluding carboxylic acids is 1. The zero-order valence-electron chi connectivity index (χ0n) is 15.9. The molecular formula is C20H25F2N5O. The van der Waals surface area contributed by atoms with Gasteiger partial charge in [0.05, 0.1) is 6.04 Å². The van der Waals surface area contributed by atoms with Crippen LogP contribution in [0.2, 0.25) is 0 Å². The normalized spacial score (nSPS) is 24.4. The van der Waals surface area contributed by atoms with E-state index in [1.807, 2.05) is 22.6 Å². The lowest BCUT2D eigenvalue weighted by Gasteiger charge is -2.36. The van der Waals surface area contributed by atoms with Crippen LogP contribution in [0.25, 0.3) is 0 Å². The maximum atomic E-state index is 14.3. The molecule has 0 aliphatic carbocycles.